The molecule has 1 aromatic rings. The van der Waals surface area contributed by atoms with Gasteiger partial charge in [0.25, 0.3) is 5.91 Å². The van der Waals surface area contributed by atoms with Gasteiger partial charge in [0.1, 0.15) is 6.61 Å². The van der Waals surface area contributed by atoms with Gasteiger partial charge in [0.2, 0.25) is 0 Å². The highest BCUT2D eigenvalue weighted by atomic mass is 32.1. The van der Waals surface area contributed by atoms with E-state index in [0.29, 0.717) is 4.88 Å². The zero-order chi connectivity index (χ0) is 14.8. The molecule has 1 amide bonds. The first-order valence-corrected chi connectivity index (χ1v) is 8.24. The highest BCUT2D eigenvalue weighted by molar-refractivity contribution is 7.14. The molecule has 2 fully saturated rings. The van der Waals surface area contributed by atoms with Crippen LogP contribution in [0.15, 0.2) is 6.07 Å². The molecular weight excluding hydrogens is 284 g/mol. The fourth-order valence-electron chi connectivity index (χ4n) is 2.77. The number of thiophene rings is 1. The van der Waals surface area contributed by atoms with E-state index in [9.17, 15) is 4.79 Å². The molecule has 1 unspecified atom stereocenters. The van der Waals surface area contributed by atoms with Crippen molar-refractivity contribution in [2.45, 2.75) is 38.3 Å². The second-order valence-electron chi connectivity index (χ2n) is 5.77. The second kappa shape index (κ2) is 6.18. The number of hydrogen-bond acceptors (Lipinski definition) is 4. The van der Waals surface area contributed by atoms with E-state index >= 15 is 0 Å². The number of aliphatic hydroxyl groups excluding tert-OH is 1. The largest absolute Gasteiger partial charge is 0.384 e. The minimum Gasteiger partial charge on any atom is -0.384 e. The third-order valence-corrected chi connectivity index (χ3v) is 5.19. The molecule has 1 aliphatic heterocycles. The summed E-state index contributed by atoms with van der Waals surface area (Å²) in [4.78, 5) is 16.4. The van der Waals surface area contributed by atoms with E-state index in [0.717, 1.165) is 36.0 Å². The van der Waals surface area contributed by atoms with Gasteiger partial charge in [-0.3, -0.25) is 9.69 Å². The maximum atomic E-state index is 12.3. The Morgan fingerprint density at radius 2 is 2.33 bits per heavy atom. The van der Waals surface area contributed by atoms with Crippen LogP contribution >= 0.6 is 11.3 Å². The lowest BCUT2D eigenvalue weighted by molar-refractivity contribution is 0.0941. The van der Waals surface area contributed by atoms with Crippen molar-refractivity contribution in [1.29, 1.82) is 0 Å². The Bertz CT molecular complexity index is 595. The lowest BCUT2D eigenvalue weighted by Crippen LogP contribution is -2.37. The molecule has 3 rings (SSSR count). The average molecular weight is 304 g/mol. The van der Waals surface area contributed by atoms with E-state index in [1.807, 2.05) is 13.0 Å². The first-order chi connectivity index (χ1) is 10.2. The second-order valence-corrected chi connectivity index (χ2v) is 6.82. The molecule has 21 heavy (non-hydrogen) atoms. The molecule has 1 aliphatic carbocycles. The number of nitrogens with one attached hydrogen (secondary N) is 1. The summed E-state index contributed by atoms with van der Waals surface area (Å²) < 4.78 is 0. The Labute approximate surface area is 129 Å². The van der Waals surface area contributed by atoms with Crippen molar-refractivity contribution in [3.8, 4) is 11.8 Å². The lowest BCUT2D eigenvalue weighted by atomic mass is 10.2. The minimum absolute atomic E-state index is 0.00259. The van der Waals surface area contributed by atoms with Crippen LogP contribution < -0.4 is 5.32 Å². The molecule has 0 radical (unpaired) electrons. The number of aryl methyl sites for hydroxylation is 1. The highest BCUT2D eigenvalue weighted by Crippen LogP contribution is 2.30. The Kier molecular flexibility index (Phi) is 4.29. The van der Waals surface area contributed by atoms with Crippen molar-refractivity contribution < 1.29 is 9.90 Å². The van der Waals surface area contributed by atoms with Gasteiger partial charge in [-0.05, 0) is 37.8 Å². The summed E-state index contributed by atoms with van der Waals surface area (Å²) >= 11 is 1.40. The van der Waals surface area contributed by atoms with Crippen LogP contribution in [0.1, 0.15) is 39.4 Å². The molecule has 1 saturated carbocycles. The summed E-state index contributed by atoms with van der Waals surface area (Å²) in [7, 11) is 0. The normalized spacial score (nSPS) is 21.9. The molecular formula is C16H20N2O2S. The van der Waals surface area contributed by atoms with Crippen LogP contribution in [0, 0.1) is 18.8 Å². The summed E-state index contributed by atoms with van der Waals surface area (Å²) in [5.74, 6) is 5.53. The summed E-state index contributed by atoms with van der Waals surface area (Å²) in [6.45, 7) is 3.88. The van der Waals surface area contributed by atoms with Crippen LogP contribution in [0.25, 0.3) is 0 Å². The number of rotatable bonds is 3. The van der Waals surface area contributed by atoms with Crippen LogP contribution in [0.5, 0.6) is 0 Å². The first kappa shape index (κ1) is 14.6. The maximum Gasteiger partial charge on any atom is 0.261 e. The predicted molar refractivity (Wildman–Crippen MR) is 83.5 cm³/mol. The molecule has 0 spiro atoms. The Morgan fingerprint density at radius 1 is 1.52 bits per heavy atom. The summed E-state index contributed by atoms with van der Waals surface area (Å²) in [5, 5.41) is 11.9. The molecule has 4 nitrogen and oxygen atoms in total. The average Bonchev–Trinajstić information content (AvgIpc) is 3.11. The Morgan fingerprint density at radius 3 is 3.05 bits per heavy atom. The van der Waals surface area contributed by atoms with Crippen LogP contribution in [-0.4, -0.2) is 47.7 Å². The van der Waals surface area contributed by atoms with Crippen molar-refractivity contribution >= 4 is 17.2 Å². The number of likely N-dealkylation sites (tertiary alicyclic amines) is 1. The Hall–Kier alpha value is -1.35. The number of aliphatic hydroxyl groups is 1. The zero-order valence-corrected chi connectivity index (χ0v) is 13.0. The molecule has 0 aromatic carbocycles. The summed E-state index contributed by atoms with van der Waals surface area (Å²) in [6.07, 6.45) is 3.68. The molecule has 5 heteroatoms. The van der Waals surface area contributed by atoms with E-state index in [4.69, 9.17) is 5.11 Å². The third-order valence-electron chi connectivity index (χ3n) is 4.04. The van der Waals surface area contributed by atoms with Gasteiger partial charge >= 0.3 is 0 Å². The van der Waals surface area contributed by atoms with Crippen molar-refractivity contribution in [3.63, 3.8) is 0 Å². The smallest absolute Gasteiger partial charge is 0.261 e. The van der Waals surface area contributed by atoms with Gasteiger partial charge in [0, 0.05) is 25.2 Å². The van der Waals surface area contributed by atoms with Crippen molar-refractivity contribution in [3.05, 3.63) is 21.4 Å². The fraction of sp³-hybridized carbons (Fsp3) is 0.562. The summed E-state index contributed by atoms with van der Waals surface area (Å²) in [6, 6.07) is 2.93. The van der Waals surface area contributed by atoms with Crippen molar-refractivity contribution in [2.75, 3.05) is 19.7 Å². The van der Waals surface area contributed by atoms with Gasteiger partial charge in [0.15, 0.2) is 0 Å². The van der Waals surface area contributed by atoms with Crippen LogP contribution in [-0.2, 0) is 0 Å². The number of nitrogens with zero attached hydrogens (tertiary/aromatic N) is 1. The molecule has 0 bridgehead atoms. The SMILES string of the molecule is Cc1cc(C(=O)NC2CCN(C3CC3)C2)sc1C#CCO. The molecule has 1 aromatic heterocycles. The summed E-state index contributed by atoms with van der Waals surface area (Å²) in [5.41, 5.74) is 0.997. The van der Waals surface area contributed by atoms with Crippen LogP contribution in [0.2, 0.25) is 0 Å². The van der Waals surface area contributed by atoms with Gasteiger partial charge in [0.05, 0.1) is 9.75 Å². The molecule has 2 heterocycles. The van der Waals surface area contributed by atoms with Crippen LogP contribution in [0.4, 0.5) is 0 Å². The number of hydrogen-bond donors (Lipinski definition) is 2. The number of carbonyl (C=O) groups is 1. The van der Waals surface area contributed by atoms with Gasteiger partial charge in [-0.1, -0.05) is 11.8 Å². The third kappa shape index (κ3) is 3.46. The molecule has 112 valence electrons. The maximum absolute atomic E-state index is 12.3. The predicted octanol–water partition coefficient (Wildman–Crippen LogP) is 1.37. The van der Waals surface area contributed by atoms with Crippen molar-refractivity contribution in [1.82, 2.24) is 10.2 Å². The molecule has 1 atom stereocenters. The minimum atomic E-state index is -0.155. The Balaban J connectivity index is 1.60. The monoisotopic (exact) mass is 304 g/mol. The van der Waals surface area contributed by atoms with Gasteiger partial charge < -0.3 is 10.4 Å². The van der Waals surface area contributed by atoms with Crippen LogP contribution in [0.3, 0.4) is 0 Å². The first-order valence-electron chi connectivity index (χ1n) is 7.42. The van der Waals surface area contributed by atoms with E-state index in [1.165, 1.54) is 24.2 Å². The standard InChI is InChI=1S/C16H20N2O2S/c1-11-9-15(21-14(11)3-2-8-19)16(20)17-12-6-7-18(10-12)13-4-5-13/h9,12-13,19H,4-8,10H2,1H3,(H,17,20). The molecule has 2 aliphatic rings. The number of carbonyl (C=O) groups excluding carboxylic acids is 1. The fourth-order valence-corrected chi connectivity index (χ4v) is 3.72. The topological polar surface area (TPSA) is 52.6 Å². The van der Waals surface area contributed by atoms with E-state index in [-0.39, 0.29) is 18.6 Å². The van der Waals surface area contributed by atoms with E-state index < -0.39 is 0 Å². The number of amides is 1. The lowest BCUT2D eigenvalue weighted by Gasteiger charge is -2.15. The quantitative estimate of drug-likeness (QED) is 0.829. The molecule has 1 saturated heterocycles. The van der Waals surface area contributed by atoms with Gasteiger partial charge in [-0.15, -0.1) is 11.3 Å². The van der Waals surface area contributed by atoms with E-state index in [1.54, 1.807) is 0 Å². The molecule has 2 N–H and O–H groups in total. The van der Waals surface area contributed by atoms with Crippen molar-refractivity contribution in [2.24, 2.45) is 0 Å². The van der Waals surface area contributed by atoms with Gasteiger partial charge in [-0.2, -0.15) is 0 Å². The highest BCUT2D eigenvalue weighted by Gasteiger charge is 2.34. The zero-order valence-electron chi connectivity index (χ0n) is 12.2. The van der Waals surface area contributed by atoms with E-state index in [2.05, 4.69) is 22.1 Å². The van der Waals surface area contributed by atoms with Gasteiger partial charge in [-0.25, -0.2) is 0 Å².